The van der Waals surface area contributed by atoms with Crippen LogP contribution >= 0.6 is 0 Å². The first-order valence-electron chi connectivity index (χ1n) is 6.13. The van der Waals surface area contributed by atoms with E-state index in [0.717, 1.165) is 25.7 Å². The first-order valence-corrected chi connectivity index (χ1v) is 6.13. The molecule has 0 aromatic heterocycles. The summed E-state index contributed by atoms with van der Waals surface area (Å²) in [6.45, 7) is 3.06. The molecule has 1 aliphatic rings. The van der Waals surface area contributed by atoms with Gasteiger partial charge in [-0.1, -0.05) is 18.9 Å². The lowest BCUT2D eigenvalue weighted by Gasteiger charge is -2.27. The zero-order valence-corrected chi connectivity index (χ0v) is 11.0. The van der Waals surface area contributed by atoms with E-state index in [4.69, 9.17) is 0 Å². The minimum atomic E-state index is -0.526. The maximum Gasteiger partial charge on any atom is 0.333 e. The molecule has 0 bridgehead atoms. The first-order chi connectivity index (χ1) is 7.97. The number of hydrogen-bond acceptors (Lipinski definition) is 4. The summed E-state index contributed by atoms with van der Waals surface area (Å²) in [5, 5.41) is 10.2. The van der Waals surface area contributed by atoms with Crippen LogP contribution in [0.4, 0.5) is 0 Å². The molecule has 98 valence electrons. The fraction of sp³-hybridized carbons (Fsp3) is 0.769. The normalized spacial score (nSPS) is 19.7. The van der Waals surface area contributed by atoms with Gasteiger partial charge in [-0.05, 0) is 26.8 Å². The molecule has 1 saturated carbocycles. The Labute approximate surface area is 103 Å². The average Bonchev–Trinajstić information content (AvgIpc) is 2.71. The quantitative estimate of drug-likeness (QED) is 0.583. The van der Waals surface area contributed by atoms with Crippen molar-refractivity contribution >= 4 is 5.97 Å². The summed E-state index contributed by atoms with van der Waals surface area (Å²) in [5.74, 6) is -0.294. The van der Waals surface area contributed by atoms with Crippen molar-refractivity contribution in [1.82, 2.24) is 4.90 Å². The summed E-state index contributed by atoms with van der Waals surface area (Å²) in [4.78, 5) is 13.2. The standard InChI is InChI=1S/C13H23NO3/c1-11(12(15)17-3)6-9-14(2)10-13(16)7-4-5-8-13/h6,16H,4-5,7-10H2,1-3H3. The highest BCUT2D eigenvalue weighted by Crippen LogP contribution is 2.29. The van der Waals surface area contributed by atoms with Crippen molar-refractivity contribution in [1.29, 1.82) is 0 Å². The molecular formula is C13H23NO3. The topological polar surface area (TPSA) is 49.8 Å². The summed E-state index contributed by atoms with van der Waals surface area (Å²) in [6, 6.07) is 0. The van der Waals surface area contributed by atoms with Crippen molar-refractivity contribution in [3.63, 3.8) is 0 Å². The van der Waals surface area contributed by atoms with Gasteiger partial charge in [-0.25, -0.2) is 4.79 Å². The largest absolute Gasteiger partial charge is 0.466 e. The second-order valence-electron chi connectivity index (χ2n) is 5.01. The number of likely N-dealkylation sites (N-methyl/N-ethyl adjacent to an activating group) is 1. The molecular weight excluding hydrogens is 218 g/mol. The van der Waals surface area contributed by atoms with Gasteiger partial charge in [0.1, 0.15) is 0 Å². The van der Waals surface area contributed by atoms with Gasteiger partial charge in [-0.3, -0.25) is 4.90 Å². The molecule has 1 N–H and O–H groups in total. The molecule has 0 unspecified atom stereocenters. The molecule has 1 rings (SSSR count). The Balaban J connectivity index is 2.39. The van der Waals surface area contributed by atoms with Crippen molar-refractivity contribution in [2.75, 3.05) is 27.2 Å². The molecule has 4 nitrogen and oxygen atoms in total. The Kier molecular flexibility index (Phi) is 5.15. The van der Waals surface area contributed by atoms with Crippen LogP contribution in [-0.4, -0.2) is 48.8 Å². The van der Waals surface area contributed by atoms with Gasteiger partial charge in [0.2, 0.25) is 0 Å². The molecule has 1 aliphatic carbocycles. The van der Waals surface area contributed by atoms with Gasteiger partial charge in [0, 0.05) is 18.7 Å². The SMILES string of the molecule is COC(=O)C(C)=CCN(C)CC1(O)CCCC1. The second-order valence-corrected chi connectivity index (χ2v) is 5.01. The molecule has 4 heteroatoms. The molecule has 17 heavy (non-hydrogen) atoms. The van der Waals surface area contributed by atoms with Crippen LogP contribution in [0.2, 0.25) is 0 Å². The van der Waals surface area contributed by atoms with E-state index in [1.165, 1.54) is 7.11 Å². The Morgan fingerprint density at radius 3 is 2.59 bits per heavy atom. The number of nitrogens with zero attached hydrogens (tertiary/aromatic N) is 1. The lowest BCUT2D eigenvalue weighted by atomic mass is 10.0. The van der Waals surface area contributed by atoms with E-state index in [1.807, 2.05) is 18.0 Å². The van der Waals surface area contributed by atoms with Gasteiger partial charge in [0.25, 0.3) is 0 Å². The van der Waals surface area contributed by atoms with Crippen molar-refractivity contribution in [2.45, 2.75) is 38.2 Å². The van der Waals surface area contributed by atoms with Gasteiger partial charge >= 0.3 is 5.97 Å². The number of carbonyl (C=O) groups excluding carboxylic acids is 1. The van der Waals surface area contributed by atoms with Gasteiger partial charge in [0.05, 0.1) is 12.7 Å². The second kappa shape index (κ2) is 6.17. The van der Waals surface area contributed by atoms with Crippen LogP contribution in [0.15, 0.2) is 11.6 Å². The number of carbonyl (C=O) groups is 1. The highest BCUT2D eigenvalue weighted by molar-refractivity contribution is 5.87. The van der Waals surface area contributed by atoms with Gasteiger partial charge in [-0.15, -0.1) is 0 Å². The van der Waals surface area contributed by atoms with Crippen molar-refractivity contribution in [3.05, 3.63) is 11.6 Å². The Bertz CT molecular complexity index is 293. The zero-order valence-electron chi connectivity index (χ0n) is 11.0. The first kappa shape index (κ1) is 14.2. The van der Waals surface area contributed by atoms with E-state index in [0.29, 0.717) is 18.7 Å². The number of methoxy groups -OCH3 is 1. The van der Waals surface area contributed by atoms with Gasteiger partial charge in [0.15, 0.2) is 0 Å². The van der Waals surface area contributed by atoms with E-state index >= 15 is 0 Å². The van der Waals surface area contributed by atoms with Crippen LogP contribution in [0.3, 0.4) is 0 Å². The summed E-state index contributed by atoms with van der Waals surface area (Å²) in [6.07, 6.45) is 5.83. The molecule has 0 atom stereocenters. The molecule has 0 radical (unpaired) electrons. The minimum Gasteiger partial charge on any atom is -0.466 e. The van der Waals surface area contributed by atoms with Crippen LogP contribution in [0.1, 0.15) is 32.6 Å². The average molecular weight is 241 g/mol. The molecule has 0 aromatic carbocycles. The molecule has 1 fully saturated rings. The lowest BCUT2D eigenvalue weighted by Crippen LogP contribution is -2.39. The molecule has 0 heterocycles. The van der Waals surface area contributed by atoms with E-state index in [1.54, 1.807) is 6.92 Å². The highest BCUT2D eigenvalue weighted by Gasteiger charge is 2.31. The van der Waals surface area contributed by atoms with Crippen LogP contribution in [0.25, 0.3) is 0 Å². The number of hydrogen-bond donors (Lipinski definition) is 1. The van der Waals surface area contributed by atoms with Crippen LogP contribution < -0.4 is 0 Å². The van der Waals surface area contributed by atoms with Gasteiger partial charge in [-0.2, -0.15) is 0 Å². The Morgan fingerprint density at radius 2 is 2.06 bits per heavy atom. The van der Waals surface area contributed by atoms with Crippen LogP contribution in [0, 0.1) is 0 Å². The molecule has 0 aliphatic heterocycles. The van der Waals surface area contributed by atoms with Crippen molar-refractivity contribution < 1.29 is 14.6 Å². The summed E-state index contributed by atoms with van der Waals surface area (Å²) < 4.78 is 4.62. The van der Waals surface area contributed by atoms with E-state index < -0.39 is 5.60 Å². The van der Waals surface area contributed by atoms with E-state index in [-0.39, 0.29) is 5.97 Å². The molecule has 0 saturated heterocycles. The van der Waals surface area contributed by atoms with E-state index in [9.17, 15) is 9.90 Å². The Hall–Kier alpha value is -0.870. The lowest BCUT2D eigenvalue weighted by molar-refractivity contribution is -0.136. The van der Waals surface area contributed by atoms with Crippen molar-refractivity contribution in [2.24, 2.45) is 0 Å². The molecule has 0 spiro atoms. The number of esters is 1. The summed E-state index contributed by atoms with van der Waals surface area (Å²) in [7, 11) is 3.34. The smallest absolute Gasteiger partial charge is 0.333 e. The van der Waals surface area contributed by atoms with Crippen LogP contribution in [0.5, 0.6) is 0 Å². The fourth-order valence-corrected chi connectivity index (χ4v) is 2.30. The molecule has 0 aromatic rings. The zero-order chi connectivity index (χ0) is 12.9. The van der Waals surface area contributed by atoms with Crippen LogP contribution in [-0.2, 0) is 9.53 Å². The third-order valence-electron chi connectivity index (χ3n) is 3.32. The van der Waals surface area contributed by atoms with Gasteiger partial charge < -0.3 is 9.84 Å². The van der Waals surface area contributed by atoms with E-state index in [2.05, 4.69) is 4.74 Å². The summed E-state index contributed by atoms with van der Waals surface area (Å²) >= 11 is 0. The Morgan fingerprint density at radius 1 is 1.47 bits per heavy atom. The maximum absolute atomic E-state index is 11.2. The predicted octanol–water partition coefficient (Wildman–Crippen LogP) is 1.34. The monoisotopic (exact) mass is 241 g/mol. The number of rotatable bonds is 5. The fourth-order valence-electron chi connectivity index (χ4n) is 2.30. The number of aliphatic hydroxyl groups is 1. The van der Waals surface area contributed by atoms with Crippen molar-refractivity contribution in [3.8, 4) is 0 Å². The third kappa shape index (κ3) is 4.48. The highest BCUT2D eigenvalue weighted by atomic mass is 16.5. The third-order valence-corrected chi connectivity index (χ3v) is 3.32. The summed E-state index contributed by atoms with van der Waals surface area (Å²) in [5.41, 5.74) is 0.0830. The number of ether oxygens (including phenoxy) is 1. The maximum atomic E-state index is 11.2. The predicted molar refractivity (Wildman–Crippen MR) is 66.7 cm³/mol. The molecule has 0 amide bonds. The minimum absolute atomic E-state index is 0.294.